The molecule has 116 valence electrons. The van der Waals surface area contributed by atoms with E-state index in [1.807, 2.05) is 13.8 Å². The lowest BCUT2D eigenvalue weighted by Gasteiger charge is -2.41. The molecule has 0 aliphatic carbocycles. The lowest BCUT2D eigenvalue weighted by molar-refractivity contribution is 0.101. The van der Waals surface area contributed by atoms with Crippen molar-refractivity contribution in [2.24, 2.45) is 11.1 Å². The molecule has 1 atom stereocenters. The van der Waals surface area contributed by atoms with Crippen LogP contribution >= 0.6 is 0 Å². The van der Waals surface area contributed by atoms with Gasteiger partial charge < -0.3 is 5.73 Å². The zero-order chi connectivity index (χ0) is 15.8. The SMILES string of the molecule is CC(=O)c1ccc(S(=O)(=O)N2CCC(N)C(C)(C)C2)cc1. The molecule has 0 bridgehead atoms. The molecule has 2 N–H and O–H groups in total. The van der Waals surface area contributed by atoms with E-state index in [0.29, 0.717) is 25.1 Å². The Kier molecular flexibility index (Phi) is 4.24. The minimum atomic E-state index is -3.53. The summed E-state index contributed by atoms with van der Waals surface area (Å²) in [6, 6.07) is 6.09. The zero-order valence-electron chi connectivity index (χ0n) is 12.7. The van der Waals surface area contributed by atoms with Crippen LogP contribution in [0.4, 0.5) is 0 Å². The summed E-state index contributed by atoms with van der Waals surface area (Å²) in [7, 11) is -3.53. The van der Waals surface area contributed by atoms with Gasteiger partial charge in [-0.3, -0.25) is 4.79 Å². The van der Waals surface area contributed by atoms with Crippen LogP contribution in [-0.4, -0.2) is 37.6 Å². The van der Waals surface area contributed by atoms with Crippen LogP contribution in [0.25, 0.3) is 0 Å². The van der Waals surface area contributed by atoms with E-state index in [1.165, 1.54) is 23.4 Å². The van der Waals surface area contributed by atoms with Gasteiger partial charge in [-0.15, -0.1) is 0 Å². The molecule has 1 aromatic carbocycles. The van der Waals surface area contributed by atoms with E-state index < -0.39 is 10.0 Å². The van der Waals surface area contributed by atoms with Gasteiger partial charge in [0.25, 0.3) is 0 Å². The first-order valence-corrected chi connectivity index (χ1v) is 8.45. The van der Waals surface area contributed by atoms with Crippen molar-refractivity contribution in [3.05, 3.63) is 29.8 Å². The van der Waals surface area contributed by atoms with Crippen LogP contribution < -0.4 is 5.73 Å². The molecule has 1 aliphatic rings. The molecule has 1 saturated heterocycles. The molecule has 0 amide bonds. The highest BCUT2D eigenvalue weighted by Gasteiger charge is 2.38. The smallest absolute Gasteiger partial charge is 0.243 e. The highest BCUT2D eigenvalue weighted by Crippen LogP contribution is 2.31. The van der Waals surface area contributed by atoms with E-state index in [0.717, 1.165) is 0 Å². The van der Waals surface area contributed by atoms with Gasteiger partial charge in [-0.05, 0) is 30.9 Å². The van der Waals surface area contributed by atoms with Crippen LogP contribution in [0.15, 0.2) is 29.2 Å². The van der Waals surface area contributed by atoms with Crippen LogP contribution in [0.1, 0.15) is 37.6 Å². The number of piperidine rings is 1. The number of carbonyl (C=O) groups is 1. The first kappa shape index (κ1) is 16.1. The number of nitrogens with two attached hydrogens (primary N) is 1. The second-order valence-corrected chi connectivity index (χ2v) is 8.24. The van der Waals surface area contributed by atoms with Gasteiger partial charge in [-0.2, -0.15) is 4.31 Å². The molecular formula is C15H22N2O3S. The average Bonchev–Trinajstić information content (AvgIpc) is 2.41. The van der Waals surface area contributed by atoms with Gasteiger partial charge in [0.2, 0.25) is 10.0 Å². The molecule has 5 nitrogen and oxygen atoms in total. The predicted molar refractivity (Wildman–Crippen MR) is 81.6 cm³/mol. The van der Waals surface area contributed by atoms with E-state index >= 15 is 0 Å². The number of hydrogen-bond acceptors (Lipinski definition) is 4. The van der Waals surface area contributed by atoms with E-state index in [1.54, 1.807) is 12.1 Å². The van der Waals surface area contributed by atoms with Crippen molar-refractivity contribution >= 4 is 15.8 Å². The molecule has 0 aromatic heterocycles. The highest BCUT2D eigenvalue weighted by atomic mass is 32.2. The topological polar surface area (TPSA) is 80.5 Å². The Morgan fingerprint density at radius 2 is 1.86 bits per heavy atom. The maximum Gasteiger partial charge on any atom is 0.243 e. The minimum Gasteiger partial charge on any atom is -0.327 e. The Morgan fingerprint density at radius 1 is 1.29 bits per heavy atom. The Morgan fingerprint density at radius 3 is 2.33 bits per heavy atom. The predicted octanol–water partition coefficient (Wildman–Crippen LogP) is 1.64. The molecule has 1 aliphatic heterocycles. The van der Waals surface area contributed by atoms with Gasteiger partial charge in [0.15, 0.2) is 5.78 Å². The Hall–Kier alpha value is -1.24. The first-order valence-electron chi connectivity index (χ1n) is 7.01. The van der Waals surface area contributed by atoms with Crippen LogP contribution in [0.2, 0.25) is 0 Å². The van der Waals surface area contributed by atoms with E-state index in [-0.39, 0.29) is 22.1 Å². The van der Waals surface area contributed by atoms with Crippen molar-refractivity contribution in [2.75, 3.05) is 13.1 Å². The number of sulfonamides is 1. The number of hydrogen-bond donors (Lipinski definition) is 1. The molecular weight excluding hydrogens is 288 g/mol. The average molecular weight is 310 g/mol. The number of benzene rings is 1. The van der Waals surface area contributed by atoms with Crippen LogP contribution in [0, 0.1) is 5.41 Å². The number of nitrogens with zero attached hydrogens (tertiary/aromatic N) is 1. The van der Waals surface area contributed by atoms with E-state index in [9.17, 15) is 13.2 Å². The van der Waals surface area contributed by atoms with Crippen molar-refractivity contribution in [3.63, 3.8) is 0 Å². The van der Waals surface area contributed by atoms with Crippen LogP contribution in [0.5, 0.6) is 0 Å². The largest absolute Gasteiger partial charge is 0.327 e. The third-order valence-electron chi connectivity index (χ3n) is 4.18. The van der Waals surface area contributed by atoms with Gasteiger partial charge in [0.05, 0.1) is 4.90 Å². The molecule has 1 heterocycles. The fourth-order valence-electron chi connectivity index (χ4n) is 2.54. The standard InChI is InChI=1S/C15H22N2O3S/c1-11(18)12-4-6-13(7-5-12)21(19,20)17-9-8-14(16)15(2,3)10-17/h4-7,14H,8-10,16H2,1-3H3. The molecule has 1 unspecified atom stereocenters. The summed E-state index contributed by atoms with van der Waals surface area (Å²) in [6.07, 6.45) is 0.651. The van der Waals surface area contributed by atoms with Gasteiger partial charge >= 0.3 is 0 Å². The van der Waals surface area contributed by atoms with Crippen LogP contribution in [0.3, 0.4) is 0 Å². The summed E-state index contributed by atoms with van der Waals surface area (Å²) < 4.78 is 26.8. The molecule has 6 heteroatoms. The monoisotopic (exact) mass is 310 g/mol. The molecule has 0 saturated carbocycles. The Balaban J connectivity index is 2.28. The zero-order valence-corrected chi connectivity index (χ0v) is 13.5. The van der Waals surface area contributed by atoms with Gasteiger partial charge in [0.1, 0.15) is 0 Å². The summed E-state index contributed by atoms with van der Waals surface area (Å²) in [5, 5.41) is 0. The summed E-state index contributed by atoms with van der Waals surface area (Å²) in [5.41, 5.74) is 6.31. The summed E-state index contributed by atoms with van der Waals surface area (Å²) in [6.45, 7) is 6.26. The lowest BCUT2D eigenvalue weighted by atomic mass is 9.81. The number of ketones is 1. The molecule has 2 rings (SSSR count). The Bertz CT molecular complexity index is 635. The minimum absolute atomic E-state index is 0.00374. The highest BCUT2D eigenvalue weighted by molar-refractivity contribution is 7.89. The van der Waals surface area contributed by atoms with Gasteiger partial charge in [-0.25, -0.2) is 8.42 Å². The molecule has 0 spiro atoms. The van der Waals surface area contributed by atoms with Crippen molar-refractivity contribution in [2.45, 2.75) is 38.1 Å². The van der Waals surface area contributed by atoms with Gasteiger partial charge in [-0.1, -0.05) is 26.0 Å². The summed E-state index contributed by atoms with van der Waals surface area (Å²) >= 11 is 0. The molecule has 21 heavy (non-hydrogen) atoms. The fourth-order valence-corrected chi connectivity index (χ4v) is 4.17. The van der Waals surface area contributed by atoms with Gasteiger partial charge in [0, 0.05) is 24.7 Å². The maximum absolute atomic E-state index is 12.7. The second-order valence-electron chi connectivity index (χ2n) is 6.30. The maximum atomic E-state index is 12.7. The van der Waals surface area contributed by atoms with Crippen LogP contribution in [-0.2, 0) is 10.0 Å². The van der Waals surface area contributed by atoms with Crippen molar-refractivity contribution < 1.29 is 13.2 Å². The molecule has 0 radical (unpaired) electrons. The molecule has 1 fully saturated rings. The van der Waals surface area contributed by atoms with Crippen molar-refractivity contribution in [1.82, 2.24) is 4.31 Å². The Labute approximate surface area is 126 Å². The quantitative estimate of drug-likeness (QED) is 0.861. The van der Waals surface area contributed by atoms with E-state index in [4.69, 9.17) is 5.73 Å². The third kappa shape index (κ3) is 3.17. The lowest BCUT2D eigenvalue weighted by Crippen LogP contribution is -2.53. The fraction of sp³-hybridized carbons (Fsp3) is 0.533. The summed E-state index contributed by atoms with van der Waals surface area (Å²) in [5.74, 6) is -0.0796. The molecule has 1 aromatic rings. The van der Waals surface area contributed by atoms with E-state index in [2.05, 4.69) is 0 Å². The first-order chi connectivity index (χ1) is 9.64. The third-order valence-corrected chi connectivity index (χ3v) is 6.04. The number of rotatable bonds is 3. The second kappa shape index (κ2) is 5.51. The summed E-state index contributed by atoms with van der Waals surface area (Å²) in [4.78, 5) is 11.5. The van der Waals surface area contributed by atoms with Crippen molar-refractivity contribution in [1.29, 1.82) is 0 Å². The number of Topliss-reactive ketones (excluding diaryl/α,β-unsaturated/α-hetero) is 1. The number of carbonyl (C=O) groups excluding carboxylic acids is 1. The van der Waals surface area contributed by atoms with Crippen molar-refractivity contribution in [3.8, 4) is 0 Å². The normalized spacial score (nSPS) is 23.0.